The molecule has 0 saturated carbocycles. The molecule has 0 atom stereocenters. The van der Waals surface area contributed by atoms with Gasteiger partial charge in [0.05, 0.1) is 26.8 Å². The summed E-state index contributed by atoms with van der Waals surface area (Å²) >= 11 is 12.4. The molecule has 4 rings (SSSR count). The van der Waals surface area contributed by atoms with Gasteiger partial charge in [0.15, 0.2) is 5.76 Å². The molecular formula is C21H14Cl2N2O2. The summed E-state index contributed by atoms with van der Waals surface area (Å²) in [7, 11) is 0. The van der Waals surface area contributed by atoms with Gasteiger partial charge in [0.2, 0.25) is 0 Å². The predicted octanol–water partition coefficient (Wildman–Crippen LogP) is 6.36. The Bertz CT molecular complexity index is 1150. The summed E-state index contributed by atoms with van der Waals surface area (Å²) < 4.78 is 5.67. The van der Waals surface area contributed by atoms with Crippen LogP contribution in [-0.4, -0.2) is 10.9 Å². The third-order valence-electron chi connectivity index (χ3n) is 4.15. The van der Waals surface area contributed by atoms with Crippen molar-refractivity contribution in [3.8, 4) is 11.5 Å². The van der Waals surface area contributed by atoms with E-state index in [9.17, 15) is 4.79 Å². The van der Waals surface area contributed by atoms with Crippen molar-refractivity contribution in [3.63, 3.8) is 0 Å². The first-order chi connectivity index (χ1) is 13.0. The highest BCUT2D eigenvalue weighted by molar-refractivity contribution is 6.40. The lowest BCUT2D eigenvalue weighted by Crippen LogP contribution is -2.13. The smallest absolute Gasteiger partial charge is 0.256 e. The number of aryl methyl sites for hydroxylation is 1. The normalized spacial score (nSPS) is 10.9. The maximum absolute atomic E-state index is 13.0. The molecule has 0 fully saturated rings. The summed E-state index contributed by atoms with van der Waals surface area (Å²) in [6.07, 6.45) is 0. The number of anilines is 1. The molecule has 2 aromatic carbocycles. The lowest BCUT2D eigenvalue weighted by atomic mass is 10.1. The first-order valence-electron chi connectivity index (χ1n) is 8.25. The summed E-state index contributed by atoms with van der Waals surface area (Å²) in [4.78, 5) is 17.7. The number of nitrogens with one attached hydrogen (secondary N) is 1. The van der Waals surface area contributed by atoms with Gasteiger partial charge in [-0.05, 0) is 43.3 Å². The topological polar surface area (TPSA) is 55.1 Å². The Morgan fingerprint density at radius 2 is 1.74 bits per heavy atom. The zero-order valence-electron chi connectivity index (χ0n) is 14.3. The Labute approximate surface area is 165 Å². The first-order valence-corrected chi connectivity index (χ1v) is 9.00. The van der Waals surface area contributed by atoms with Crippen LogP contribution in [0.5, 0.6) is 0 Å². The molecule has 1 N–H and O–H groups in total. The van der Waals surface area contributed by atoms with E-state index in [4.69, 9.17) is 27.6 Å². The number of carbonyl (C=O) groups is 1. The van der Waals surface area contributed by atoms with Gasteiger partial charge in [0.1, 0.15) is 11.5 Å². The van der Waals surface area contributed by atoms with E-state index < -0.39 is 0 Å². The molecule has 0 spiro atoms. The summed E-state index contributed by atoms with van der Waals surface area (Å²) in [6, 6.07) is 17.9. The van der Waals surface area contributed by atoms with Gasteiger partial charge < -0.3 is 9.73 Å². The highest BCUT2D eigenvalue weighted by Gasteiger charge is 2.17. The van der Waals surface area contributed by atoms with E-state index >= 15 is 0 Å². The fourth-order valence-corrected chi connectivity index (χ4v) is 3.35. The quantitative estimate of drug-likeness (QED) is 0.438. The number of nitrogens with zero attached hydrogens (tertiary/aromatic N) is 1. The van der Waals surface area contributed by atoms with Gasteiger partial charge in [-0.25, -0.2) is 4.98 Å². The van der Waals surface area contributed by atoms with Crippen LogP contribution in [0, 0.1) is 6.92 Å². The molecule has 2 aromatic heterocycles. The molecule has 4 aromatic rings. The molecular weight excluding hydrogens is 383 g/mol. The highest BCUT2D eigenvalue weighted by Crippen LogP contribution is 2.32. The molecule has 0 radical (unpaired) electrons. The molecule has 0 bridgehead atoms. The molecule has 0 aliphatic heterocycles. The second kappa shape index (κ2) is 7.06. The fraction of sp³-hybridized carbons (Fsp3) is 0.0476. The van der Waals surface area contributed by atoms with Crippen LogP contribution >= 0.6 is 23.2 Å². The van der Waals surface area contributed by atoms with Gasteiger partial charge in [0.25, 0.3) is 5.91 Å². The number of carbonyl (C=O) groups excluding carboxylic acids is 1. The van der Waals surface area contributed by atoms with Gasteiger partial charge in [-0.2, -0.15) is 0 Å². The summed E-state index contributed by atoms with van der Waals surface area (Å²) in [5.74, 6) is 1.05. The van der Waals surface area contributed by atoms with Gasteiger partial charge in [-0.1, -0.05) is 47.5 Å². The van der Waals surface area contributed by atoms with Crippen LogP contribution in [0.1, 0.15) is 16.1 Å². The Morgan fingerprint density at radius 1 is 1.00 bits per heavy atom. The average molecular weight is 397 g/mol. The molecule has 27 heavy (non-hydrogen) atoms. The Morgan fingerprint density at radius 3 is 2.44 bits per heavy atom. The largest absolute Gasteiger partial charge is 0.460 e. The molecule has 0 unspecified atom stereocenters. The molecule has 0 aliphatic carbocycles. The summed E-state index contributed by atoms with van der Waals surface area (Å²) in [5, 5.41) is 4.28. The minimum absolute atomic E-state index is 0.326. The average Bonchev–Trinajstić information content (AvgIpc) is 3.10. The SMILES string of the molecule is Cc1ccc(-c2cc(C(=O)Nc3c(Cl)cccc3Cl)c3ccccc3n2)o1. The molecule has 2 heterocycles. The van der Waals surface area contributed by atoms with Gasteiger partial charge in [0, 0.05) is 5.39 Å². The number of para-hydroxylation sites is 2. The lowest BCUT2D eigenvalue weighted by molar-refractivity contribution is 0.102. The van der Waals surface area contributed by atoms with Crippen molar-refractivity contribution in [2.24, 2.45) is 0 Å². The second-order valence-corrected chi connectivity index (χ2v) is 6.85. The van der Waals surface area contributed by atoms with Gasteiger partial charge in [-0.3, -0.25) is 4.79 Å². The van der Waals surface area contributed by atoms with Gasteiger partial charge in [-0.15, -0.1) is 0 Å². The number of furan rings is 1. The van der Waals surface area contributed by atoms with Crippen LogP contribution in [0.4, 0.5) is 5.69 Å². The number of pyridine rings is 1. The zero-order chi connectivity index (χ0) is 19.0. The van der Waals surface area contributed by atoms with Gasteiger partial charge >= 0.3 is 0 Å². The minimum Gasteiger partial charge on any atom is -0.460 e. The van der Waals surface area contributed by atoms with E-state index in [-0.39, 0.29) is 5.91 Å². The third-order valence-corrected chi connectivity index (χ3v) is 4.78. The van der Waals surface area contributed by atoms with Crippen LogP contribution < -0.4 is 5.32 Å². The Hall–Kier alpha value is -2.82. The second-order valence-electron chi connectivity index (χ2n) is 6.03. The van der Waals surface area contributed by atoms with Crippen LogP contribution in [0.15, 0.2) is 65.1 Å². The van der Waals surface area contributed by atoms with E-state index in [2.05, 4.69) is 10.3 Å². The maximum atomic E-state index is 13.0. The molecule has 0 saturated heterocycles. The number of amides is 1. The van der Waals surface area contributed by atoms with Crippen LogP contribution in [0.2, 0.25) is 10.0 Å². The van der Waals surface area contributed by atoms with Crippen LogP contribution in [-0.2, 0) is 0 Å². The number of rotatable bonds is 3. The first kappa shape index (κ1) is 17.6. The molecule has 6 heteroatoms. The molecule has 4 nitrogen and oxygen atoms in total. The zero-order valence-corrected chi connectivity index (χ0v) is 15.8. The van der Waals surface area contributed by atoms with Crippen molar-refractivity contribution in [1.82, 2.24) is 4.98 Å². The third kappa shape index (κ3) is 3.42. The standard InChI is InChI=1S/C21H14Cl2N2O2/c1-12-9-10-19(27-12)18-11-14(13-5-2-3-8-17(13)24-18)21(26)25-20-15(22)6-4-7-16(20)23/h2-11H,1H3,(H,25,26). The maximum Gasteiger partial charge on any atom is 0.256 e. The van der Waals surface area contributed by atoms with E-state index in [0.717, 1.165) is 11.1 Å². The van der Waals surface area contributed by atoms with Crippen molar-refractivity contribution in [2.45, 2.75) is 6.92 Å². The van der Waals surface area contributed by atoms with E-state index in [1.807, 2.05) is 43.3 Å². The number of aromatic nitrogens is 1. The molecule has 0 aliphatic rings. The monoisotopic (exact) mass is 396 g/mol. The number of benzene rings is 2. The molecule has 1 amide bonds. The summed E-state index contributed by atoms with van der Waals surface area (Å²) in [5.41, 5.74) is 2.11. The van der Waals surface area contributed by atoms with Crippen LogP contribution in [0.25, 0.3) is 22.4 Å². The van der Waals surface area contributed by atoms with Crippen molar-refractivity contribution < 1.29 is 9.21 Å². The van der Waals surface area contributed by atoms with E-state index in [1.54, 1.807) is 24.3 Å². The number of fused-ring (bicyclic) bond motifs is 1. The van der Waals surface area contributed by atoms with Crippen molar-refractivity contribution >= 4 is 45.7 Å². The number of hydrogen-bond donors (Lipinski definition) is 1. The Kier molecular flexibility index (Phi) is 4.60. The van der Waals surface area contributed by atoms with Crippen molar-refractivity contribution in [3.05, 3.63) is 82.0 Å². The minimum atomic E-state index is -0.326. The Balaban J connectivity index is 1.83. The predicted molar refractivity (Wildman–Crippen MR) is 109 cm³/mol. The van der Waals surface area contributed by atoms with Crippen molar-refractivity contribution in [2.75, 3.05) is 5.32 Å². The molecule has 134 valence electrons. The fourth-order valence-electron chi connectivity index (χ4n) is 2.86. The van der Waals surface area contributed by atoms with E-state index in [1.165, 1.54) is 0 Å². The lowest BCUT2D eigenvalue weighted by Gasteiger charge is -2.12. The number of hydrogen-bond acceptors (Lipinski definition) is 3. The number of halogens is 2. The van der Waals surface area contributed by atoms with Crippen LogP contribution in [0.3, 0.4) is 0 Å². The summed E-state index contributed by atoms with van der Waals surface area (Å²) in [6.45, 7) is 1.86. The van der Waals surface area contributed by atoms with E-state index in [0.29, 0.717) is 38.3 Å². The highest BCUT2D eigenvalue weighted by atomic mass is 35.5. The van der Waals surface area contributed by atoms with Crippen molar-refractivity contribution in [1.29, 1.82) is 0 Å².